The number of para-hydroxylation sites is 2. The summed E-state index contributed by atoms with van der Waals surface area (Å²) in [6.45, 7) is 8.11. The Bertz CT molecular complexity index is 3690. The molecule has 0 saturated heterocycles. The normalized spacial score (nSPS) is 16.4. The van der Waals surface area contributed by atoms with Gasteiger partial charge in [-0.1, -0.05) is 189 Å². The molecular formula is C66H43F2NO. The fourth-order valence-corrected chi connectivity index (χ4v) is 11.9. The van der Waals surface area contributed by atoms with Crippen LogP contribution in [-0.2, 0) is 10.8 Å². The Morgan fingerprint density at radius 3 is 1.29 bits per heavy atom. The Hall–Kier alpha value is -8.86. The van der Waals surface area contributed by atoms with Crippen molar-refractivity contribution < 1.29 is 13.2 Å². The lowest BCUT2D eigenvalue weighted by Crippen LogP contribution is -2.29. The number of benzene rings is 10. The second-order valence-corrected chi connectivity index (χ2v) is 18.3. The molecule has 0 aliphatic heterocycles. The van der Waals surface area contributed by atoms with E-state index in [0.717, 1.165) is 117 Å². The molecule has 4 heteroatoms. The number of nitrogens with zero attached hydrogens (tertiary/aromatic N) is 1. The van der Waals surface area contributed by atoms with E-state index >= 15 is 0 Å². The zero-order valence-corrected chi connectivity index (χ0v) is 38.0. The van der Waals surface area contributed by atoms with Crippen LogP contribution in [0.2, 0.25) is 0 Å². The summed E-state index contributed by atoms with van der Waals surface area (Å²) in [5, 5.41) is 2.04. The number of anilines is 3. The van der Waals surface area contributed by atoms with Gasteiger partial charge in [0.1, 0.15) is 17.2 Å². The van der Waals surface area contributed by atoms with Crippen LogP contribution in [0.5, 0.6) is 0 Å². The highest BCUT2D eigenvalue weighted by atomic mass is 19.1. The van der Waals surface area contributed by atoms with Gasteiger partial charge in [0, 0.05) is 22.1 Å². The third kappa shape index (κ3) is 5.90. The Morgan fingerprint density at radius 2 is 0.800 bits per heavy atom. The molecule has 0 spiro atoms. The smallest absolute Gasteiger partial charge is 0.159 e. The van der Waals surface area contributed by atoms with Crippen molar-refractivity contribution in [1.29, 1.82) is 0 Å². The van der Waals surface area contributed by atoms with E-state index in [1.807, 2.05) is 54.6 Å². The summed E-state index contributed by atoms with van der Waals surface area (Å²) in [4.78, 5) is 2.32. The number of rotatable bonds is 9. The maximum atomic E-state index is 15.0. The molecule has 332 valence electrons. The summed E-state index contributed by atoms with van der Waals surface area (Å²) >= 11 is 0. The van der Waals surface area contributed by atoms with Crippen molar-refractivity contribution in [1.82, 2.24) is 0 Å². The number of hydrogen-bond donors (Lipinski definition) is 0. The molecule has 0 amide bonds. The van der Waals surface area contributed by atoms with Crippen LogP contribution in [0.15, 0.2) is 242 Å². The average Bonchev–Trinajstić information content (AvgIpc) is 4.04. The first-order chi connectivity index (χ1) is 34.4. The number of fused-ring (bicyclic) bond motifs is 9. The molecule has 2 aliphatic carbocycles. The van der Waals surface area contributed by atoms with Crippen LogP contribution in [0.1, 0.15) is 55.6 Å². The van der Waals surface area contributed by atoms with E-state index in [1.165, 1.54) is 0 Å². The average molecular weight is 904 g/mol. The van der Waals surface area contributed by atoms with Crippen molar-refractivity contribution in [2.45, 2.75) is 10.8 Å². The molecule has 0 saturated carbocycles. The summed E-state index contributed by atoms with van der Waals surface area (Å²) in [6.07, 6.45) is 3.71. The lowest BCUT2D eigenvalue weighted by Gasteiger charge is -2.36. The van der Waals surface area contributed by atoms with Gasteiger partial charge in [-0.05, 0) is 139 Å². The molecule has 1 heterocycles. The molecule has 2 nitrogen and oxygen atoms in total. The van der Waals surface area contributed by atoms with Gasteiger partial charge in [0.2, 0.25) is 0 Å². The molecule has 0 radical (unpaired) electrons. The van der Waals surface area contributed by atoms with Gasteiger partial charge in [-0.15, -0.1) is 0 Å². The topological polar surface area (TPSA) is 16.4 Å². The molecule has 2 unspecified atom stereocenters. The zero-order valence-electron chi connectivity index (χ0n) is 38.0. The van der Waals surface area contributed by atoms with Gasteiger partial charge >= 0.3 is 0 Å². The van der Waals surface area contributed by atoms with Gasteiger partial charge in [0.05, 0.1) is 16.5 Å². The van der Waals surface area contributed by atoms with Gasteiger partial charge < -0.3 is 9.32 Å². The Kier molecular flexibility index (Phi) is 9.37. The molecule has 13 rings (SSSR count). The molecule has 0 N–H and O–H groups in total. The van der Waals surface area contributed by atoms with Gasteiger partial charge in [0.15, 0.2) is 5.58 Å². The molecule has 11 aromatic rings. The molecule has 2 aliphatic rings. The molecule has 10 aromatic carbocycles. The maximum Gasteiger partial charge on any atom is 0.159 e. The standard InChI is InChI=1S/C66H43F2NO/c1-3-42-20-24-44(25-21-42)65(46-28-32-48(67)33-29-46)58-16-8-5-12-52(58)54-38-36-50(40-60(54)65)69(62-18-11-15-57-56-14-7-10-19-63(56)70-64(57)62)51-37-39-55-53-13-6-9-17-59(53)66(61(55)41-51,47-30-34-49(68)35-31-47)45-26-22-43(4-2)23-27-45/h3-41H,1-2H2. The van der Waals surface area contributed by atoms with Crippen molar-refractivity contribution in [3.63, 3.8) is 0 Å². The van der Waals surface area contributed by atoms with Crippen molar-refractivity contribution in [3.05, 3.63) is 305 Å². The number of hydrogen-bond acceptors (Lipinski definition) is 2. The molecule has 0 bridgehead atoms. The van der Waals surface area contributed by atoms with Gasteiger partial charge in [-0.25, -0.2) is 8.78 Å². The number of furan rings is 1. The van der Waals surface area contributed by atoms with E-state index in [2.05, 4.69) is 176 Å². The fourth-order valence-electron chi connectivity index (χ4n) is 11.9. The van der Waals surface area contributed by atoms with Crippen LogP contribution in [0.25, 0.3) is 56.3 Å². The highest BCUT2D eigenvalue weighted by molar-refractivity contribution is 6.10. The minimum Gasteiger partial charge on any atom is -0.454 e. The Balaban J connectivity index is 1.12. The SMILES string of the molecule is C=Cc1ccc(C2(c3ccc(F)cc3)c3ccccc3-c3ccc(N(c4ccc5c(c4)C(c4ccc(F)cc4)(c4ccc(C=C)cc4)c4ccccc4-5)c4cccc5c4oc4ccccc45)cc32)cc1. The Labute approximate surface area is 405 Å². The summed E-state index contributed by atoms with van der Waals surface area (Å²) in [5.74, 6) is -0.586. The van der Waals surface area contributed by atoms with E-state index in [4.69, 9.17) is 4.42 Å². The Morgan fingerprint density at radius 1 is 0.386 bits per heavy atom. The zero-order chi connectivity index (χ0) is 47.1. The maximum absolute atomic E-state index is 15.0. The molecule has 1 aromatic heterocycles. The van der Waals surface area contributed by atoms with Crippen LogP contribution in [0, 0.1) is 11.6 Å². The van der Waals surface area contributed by atoms with Gasteiger partial charge in [0.25, 0.3) is 0 Å². The lowest BCUT2D eigenvalue weighted by molar-refractivity contribution is 0.624. The minimum atomic E-state index is -0.818. The monoisotopic (exact) mass is 903 g/mol. The van der Waals surface area contributed by atoms with Crippen LogP contribution in [-0.4, -0.2) is 0 Å². The summed E-state index contributed by atoms with van der Waals surface area (Å²) in [5.41, 5.74) is 17.5. The molecule has 70 heavy (non-hydrogen) atoms. The molecule has 2 atom stereocenters. The van der Waals surface area contributed by atoms with Crippen molar-refractivity contribution in [2.24, 2.45) is 0 Å². The van der Waals surface area contributed by atoms with E-state index in [0.29, 0.717) is 0 Å². The third-order valence-electron chi connectivity index (χ3n) is 14.9. The van der Waals surface area contributed by atoms with Crippen molar-refractivity contribution >= 4 is 51.2 Å². The van der Waals surface area contributed by atoms with Crippen molar-refractivity contribution in [2.75, 3.05) is 4.90 Å². The molecular weight excluding hydrogens is 861 g/mol. The van der Waals surface area contributed by atoms with Crippen LogP contribution >= 0.6 is 0 Å². The first kappa shape index (κ1) is 41.3. The van der Waals surface area contributed by atoms with E-state index in [-0.39, 0.29) is 11.6 Å². The van der Waals surface area contributed by atoms with Crippen LogP contribution < -0.4 is 4.90 Å². The van der Waals surface area contributed by atoms with Crippen molar-refractivity contribution in [3.8, 4) is 22.3 Å². The predicted octanol–water partition coefficient (Wildman–Crippen LogP) is 17.3. The first-order valence-corrected chi connectivity index (χ1v) is 23.6. The summed E-state index contributed by atoms with van der Waals surface area (Å²) in [7, 11) is 0. The minimum absolute atomic E-state index is 0.293. The second-order valence-electron chi connectivity index (χ2n) is 18.3. The quantitative estimate of drug-likeness (QED) is 0.143. The largest absolute Gasteiger partial charge is 0.454 e. The summed E-state index contributed by atoms with van der Waals surface area (Å²) < 4.78 is 36.9. The second kappa shape index (κ2) is 15.9. The summed E-state index contributed by atoms with van der Waals surface area (Å²) in [6, 6.07) is 76.4. The predicted molar refractivity (Wildman–Crippen MR) is 283 cm³/mol. The van der Waals surface area contributed by atoms with E-state index in [1.54, 1.807) is 24.3 Å². The van der Waals surface area contributed by atoms with Gasteiger partial charge in [-0.2, -0.15) is 0 Å². The highest BCUT2D eigenvalue weighted by Gasteiger charge is 2.48. The molecule has 0 fully saturated rings. The van der Waals surface area contributed by atoms with E-state index in [9.17, 15) is 8.78 Å². The highest BCUT2D eigenvalue weighted by Crippen LogP contribution is 2.60. The number of halogens is 2. The fraction of sp³-hybridized carbons (Fsp3) is 0.0303. The van der Waals surface area contributed by atoms with E-state index < -0.39 is 10.8 Å². The third-order valence-corrected chi connectivity index (χ3v) is 14.9. The van der Waals surface area contributed by atoms with Gasteiger partial charge in [-0.3, -0.25) is 0 Å². The van der Waals surface area contributed by atoms with Crippen LogP contribution in [0.3, 0.4) is 0 Å². The van der Waals surface area contributed by atoms with Crippen LogP contribution in [0.4, 0.5) is 25.8 Å². The first-order valence-electron chi connectivity index (χ1n) is 23.6. The lowest BCUT2D eigenvalue weighted by atomic mass is 9.67.